The Kier molecular flexibility index (Phi) is 1.25. The van der Waals surface area contributed by atoms with Gasteiger partial charge in [0.2, 0.25) is 11.8 Å². The molecule has 0 aromatic rings. The van der Waals surface area contributed by atoms with Crippen LogP contribution in [0.2, 0.25) is 0 Å². The number of urea groups is 1. The maximum atomic E-state index is 11.2. The van der Waals surface area contributed by atoms with Gasteiger partial charge >= 0.3 is 6.03 Å². The number of barbiturate groups is 1. The minimum absolute atomic E-state index is 0.442. The van der Waals surface area contributed by atoms with Crippen molar-refractivity contribution in [1.29, 1.82) is 0 Å². The van der Waals surface area contributed by atoms with Crippen molar-refractivity contribution in [2.75, 3.05) is 0 Å². The molecule has 1 aliphatic heterocycles. The van der Waals surface area contributed by atoms with Crippen LogP contribution in [0.4, 0.5) is 4.79 Å². The van der Waals surface area contributed by atoms with Crippen molar-refractivity contribution in [3.8, 4) is 0 Å². The first-order valence-corrected chi connectivity index (χ1v) is 3.82. The number of amides is 4. The lowest BCUT2D eigenvalue weighted by atomic mass is 9.66. The summed E-state index contributed by atoms with van der Waals surface area (Å²) in [6, 6.07) is -0.706. The number of imide groups is 2. The summed E-state index contributed by atoms with van der Waals surface area (Å²) < 4.78 is 0. The van der Waals surface area contributed by atoms with Gasteiger partial charge in [-0.05, 0) is 12.8 Å². The summed E-state index contributed by atoms with van der Waals surface area (Å²) >= 11 is 0. The van der Waals surface area contributed by atoms with E-state index in [1.165, 1.54) is 0 Å². The molecule has 64 valence electrons. The first-order valence-electron chi connectivity index (χ1n) is 3.82. The number of nitrogens with one attached hydrogen (secondary N) is 2. The molecule has 2 fully saturated rings. The van der Waals surface area contributed by atoms with Crippen molar-refractivity contribution in [3.05, 3.63) is 0 Å². The monoisotopic (exact) mass is 168 g/mol. The van der Waals surface area contributed by atoms with E-state index in [1.807, 2.05) is 0 Å². The predicted octanol–water partition coefficient (Wildman–Crippen LogP) is -0.477. The molecular weight excluding hydrogens is 160 g/mol. The van der Waals surface area contributed by atoms with E-state index in [-0.39, 0.29) is 0 Å². The fourth-order valence-electron chi connectivity index (χ4n) is 1.56. The van der Waals surface area contributed by atoms with E-state index in [4.69, 9.17) is 0 Å². The summed E-state index contributed by atoms with van der Waals surface area (Å²) in [5, 5.41) is 4.19. The Hall–Kier alpha value is -1.39. The molecule has 0 bridgehead atoms. The third-order valence-electron chi connectivity index (χ3n) is 2.53. The lowest BCUT2D eigenvalue weighted by Crippen LogP contribution is -2.64. The molecular formula is C7H8N2O3. The van der Waals surface area contributed by atoms with Gasteiger partial charge in [0, 0.05) is 0 Å². The summed E-state index contributed by atoms with van der Waals surface area (Å²) in [5.74, 6) is -0.884. The molecule has 0 aromatic heterocycles. The quantitative estimate of drug-likeness (QED) is 0.480. The molecule has 0 unspecified atom stereocenters. The third kappa shape index (κ3) is 0.704. The van der Waals surface area contributed by atoms with Crippen molar-refractivity contribution in [2.45, 2.75) is 19.3 Å². The second kappa shape index (κ2) is 2.06. The molecule has 4 amide bonds. The SMILES string of the molecule is O=C1NC(=O)C2(CCC2)C(=O)N1. The highest BCUT2D eigenvalue weighted by Crippen LogP contribution is 2.42. The molecule has 5 nitrogen and oxygen atoms in total. The summed E-state index contributed by atoms with van der Waals surface area (Å²) in [4.78, 5) is 33.1. The molecule has 2 rings (SSSR count). The van der Waals surface area contributed by atoms with E-state index in [2.05, 4.69) is 10.6 Å². The van der Waals surface area contributed by atoms with Crippen LogP contribution >= 0.6 is 0 Å². The molecule has 0 radical (unpaired) electrons. The summed E-state index contributed by atoms with van der Waals surface area (Å²) in [6.45, 7) is 0. The van der Waals surface area contributed by atoms with Gasteiger partial charge in [-0.25, -0.2) is 4.79 Å². The molecule has 5 heteroatoms. The zero-order valence-electron chi connectivity index (χ0n) is 6.35. The normalized spacial score (nSPS) is 26.2. The molecule has 1 saturated heterocycles. The number of hydrogen-bond donors (Lipinski definition) is 2. The van der Waals surface area contributed by atoms with E-state index in [9.17, 15) is 14.4 Å². The molecule has 2 aliphatic rings. The molecule has 0 atom stereocenters. The first-order chi connectivity index (χ1) is 5.65. The van der Waals surface area contributed by atoms with E-state index in [0.29, 0.717) is 12.8 Å². The van der Waals surface area contributed by atoms with Crippen LogP contribution in [0.1, 0.15) is 19.3 Å². The van der Waals surface area contributed by atoms with Gasteiger partial charge in [0.15, 0.2) is 0 Å². The van der Waals surface area contributed by atoms with Crippen LogP contribution in [0, 0.1) is 5.41 Å². The van der Waals surface area contributed by atoms with Crippen LogP contribution in [0.5, 0.6) is 0 Å². The summed E-state index contributed by atoms with van der Waals surface area (Å²) in [7, 11) is 0. The number of rotatable bonds is 0. The van der Waals surface area contributed by atoms with Crippen LogP contribution in [0.3, 0.4) is 0 Å². The molecule has 2 N–H and O–H groups in total. The fraction of sp³-hybridized carbons (Fsp3) is 0.571. The van der Waals surface area contributed by atoms with Gasteiger partial charge in [0.1, 0.15) is 5.41 Å². The highest BCUT2D eigenvalue weighted by atomic mass is 16.2. The maximum absolute atomic E-state index is 11.2. The Morgan fingerprint density at radius 3 is 1.83 bits per heavy atom. The second-order valence-electron chi connectivity index (χ2n) is 3.17. The smallest absolute Gasteiger partial charge is 0.277 e. The van der Waals surface area contributed by atoms with Crippen molar-refractivity contribution >= 4 is 17.8 Å². The second-order valence-corrected chi connectivity index (χ2v) is 3.17. The van der Waals surface area contributed by atoms with Gasteiger partial charge in [0.05, 0.1) is 0 Å². The van der Waals surface area contributed by atoms with Crippen LogP contribution in [-0.2, 0) is 9.59 Å². The van der Waals surface area contributed by atoms with Gasteiger partial charge in [-0.3, -0.25) is 20.2 Å². The highest BCUT2D eigenvalue weighted by molar-refractivity contribution is 6.19. The minimum atomic E-state index is -0.923. The number of carbonyl (C=O) groups is 3. The average Bonchev–Trinajstić information content (AvgIpc) is 1.80. The average molecular weight is 168 g/mol. The molecule has 1 spiro atoms. The van der Waals surface area contributed by atoms with Gasteiger partial charge in [-0.2, -0.15) is 0 Å². The number of carbonyl (C=O) groups excluding carboxylic acids is 3. The lowest BCUT2D eigenvalue weighted by Gasteiger charge is -2.40. The maximum Gasteiger partial charge on any atom is 0.328 e. The summed E-state index contributed by atoms with van der Waals surface area (Å²) in [6.07, 6.45) is 1.98. The van der Waals surface area contributed by atoms with Crippen molar-refractivity contribution in [3.63, 3.8) is 0 Å². The predicted molar refractivity (Wildman–Crippen MR) is 38.0 cm³/mol. The Balaban J connectivity index is 2.28. The van der Waals surface area contributed by atoms with E-state index in [0.717, 1.165) is 6.42 Å². The zero-order chi connectivity index (χ0) is 8.77. The Morgan fingerprint density at radius 2 is 1.50 bits per heavy atom. The van der Waals surface area contributed by atoms with Crippen molar-refractivity contribution < 1.29 is 14.4 Å². The molecule has 0 aromatic carbocycles. The van der Waals surface area contributed by atoms with Crippen LogP contribution in [0.15, 0.2) is 0 Å². The Labute approximate surface area is 68.5 Å². The fourth-order valence-corrected chi connectivity index (χ4v) is 1.56. The van der Waals surface area contributed by atoms with Gasteiger partial charge in [-0.1, -0.05) is 6.42 Å². The summed E-state index contributed by atoms with van der Waals surface area (Å²) in [5.41, 5.74) is -0.923. The highest BCUT2D eigenvalue weighted by Gasteiger charge is 2.54. The van der Waals surface area contributed by atoms with E-state index in [1.54, 1.807) is 0 Å². The molecule has 1 heterocycles. The molecule has 1 aliphatic carbocycles. The third-order valence-corrected chi connectivity index (χ3v) is 2.53. The van der Waals surface area contributed by atoms with Gasteiger partial charge < -0.3 is 0 Å². The van der Waals surface area contributed by atoms with Crippen LogP contribution in [-0.4, -0.2) is 17.8 Å². The minimum Gasteiger partial charge on any atom is -0.277 e. The van der Waals surface area contributed by atoms with Gasteiger partial charge in [0.25, 0.3) is 0 Å². The molecule has 12 heavy (non-hydrogen) atoms. The first kappa shape index (κ1) is 7.27. The molecule has 1 saturated carbocycles. The van der Waals surface area contributed by atoms with Crippen molar-refractivity contribution in [1.82, 2.24) is 10.6 Å². The Morgan fingerprint density at radius 1 is 1.00 bits per heavy atom. The number of hydrogen-bond acceptors (Lipinski definition) is 3. The van der Waals surface area contributed by atoms with Crippen LogP contribution in [0.25, 0.3) is 0 Å². The van der Waals surface area contributed by atoms with Crippen LogP contribution < -0.4 is 10.6 Å². The largest absolute Gasteiger partial charge is 0.328 e. The van der Waals surface area contributed by atoms with Gasteiger partial charge in [-0.15, -0.1) is 0 Å². The van der Waals surface area contributed by atoms with E-state index >= 15 is 0 Å². The Bertz CT molecular complexity index is 258. The lowest BCUT2D eigenvalue weighted by molar-refractivity contribution is -0.150. The zero-order valence-corrected chi connectivity index (χ0v) is 6.35. The van der Waals surface area contributed by atoms with Crippen molar-refractivity contribution in [2.24, 2.45) is 5.41 Å². The topological polar surface area (TPSA) is 75.3 Å². The standard InChI is InChI=1S/C7H8N2O3/c10-4-7(2-1-3-7)5(11)9-6(12)8-4/h1-3H2,(H2,8,9,10,11,12). The van der Waals surface area contributed by atoms with E-state index < -0.39 is 23.3 Å².